The fourth-order valence-corrected chi connectivity index (χ4v) is 1.97. The van der Waals surface area contributed by atoms with Crippen molar-refractivity contribution < 1.29 is 9.53 Å². The molecule has 1 saturated heterocycles. The normalized spacial score (nSPS) is 25.5. The number of rotatable bonds is 5. The highest BCUT2D eigenvalue weighted by molar-refractivity contribution is 5.80. The van der Waals surface area contributed by atoms with Crippen LogP contribution in [0.1, 0.15) is 27.2 Å². The lowest BCUT2D eigenvalue weighted by Gasteiger charge is -2.26. The second-order valence-corrected chi connectivity index (χ2v) is 4.70. The second kappa shape index (κ2) is 5.47. The van der Waals surface area contributed by atoms with Gasteiger partial charge in [-0.15, -0.1) is 0 Å². The predicted octanol–water partition coefficient (Wildman–Crippen LogP) is 0.511. The van der Waals surface area contributed by atoms with Gasteiger partial charge in [0.05, 0.1) is 12.6 Å². The van der Waals surface area contributed by atoms with Crippen LogP contribution in [0.5, 0.6) is 0 Å². The minimum absolute atomic E-state index is 0.229. The molecule has 0 aromatic carbocycles. The van der Waals surface area contributed by atoms with E-state index in [1.165, 1.54) is 0 Å². The number of nitrogens with one attached hydrogen (secondary N) is 1. The average molecular weight is 214 g/mol. The molecule has 0 aliphatic carbocycles. The van der Waals surface area contributed by atoms with E-state index in [0.29, 0.717) is 5.92 Å². The smallest absolute Gasteiger partial charge is 0.234 e. The molecule has 3 atom stereocenters. The van der Waals surface area contributed by atoms with E-state index in [9.17, 15) is 4.79 Å². The Labute approximate surface area is 91.5 Å². The third kappa shape index (κ3) is 3.47. The molecular weight excluding hydrogens is 192 g/mol. The van der Waals surface area contributed by atoms with Crippen molar-refractivity contribution in [1.29, 1.82) is 0 Å². The first-order chi connectivity index (χ1) is 7.02. The minimum atomic E-state index is -0.268. The Kier molecular flexibility index (Phi) is 4.54. The third-order valence-corrected chi connectivity index (χ3v) is 3.09. The van der Waals surface area contributed by atoms with E-state index in [2.05, 4.69) is 12.2 Å². The average Bonchev–Trinajstić information content (AvgIpc) is 2.65. The highest BCUT2D eigenvalue weighted by Crippen LogP contribution is 2.17. The molecular formula is C11H22N2O2. The molecule has 1 aliphatic rings. The van der Waals surface area contributed by atoms with Crippen LogP contribution in [0.2, 0.25) is 0 Å². The number of amides is 1. The highest BCUT2D eigenvalue weighted by Gasteiger charge is 2.27. The molecule has 15 heavy (non-hydrogen) atoms. The van der Waals surface area contributed by atoms with Crippen molar-refractivity contribution in [2.24, 2.45) is 17.6 Å². The van der Waals surface area contributed by atoms with Crippen molar-refractivity contribution in [2.75, 3.05) is 13.2 Å². The maximum Gasteiger partial charge on any atom is 0.234 e. The highest BCUT2D eigenvalue weighted by atomic mass is 16.5. The number of carbonyl (C=O) groups is 1. The molecule has 0 bridgehead atoms. The van der Waals surface area contributed by atoms with Gasteiger partial charge in [0.2, 0.25) is 5.91 Å². The van der Waals surface area contributed by atoms with Gasteiger partial charge in [0.15, 0.2) is 0 Å². The van der Waals surface area contributed by atoms with Gasteiger partial charge in [-0.25, -0.2) is 0 Å². The Morgan fingerprint density at radius 1 is 1.47 bits per heavy atom. The summed E-state index contributed by atoms with van der Waals surface area (Å²) in [5, 5.41) is 3.30. The Morgan fingerprint density at radius 2 is 2.13 bits per heavy atom. The van der Waals surface area contributed by atoms with Crippen LogP contribution in [0.25, 0.3) is 0 Å². The number of nitrogens with two attached hydrogens (primary N) is 1. The van der Waals surface area contributed by atoms with Gasteiger partial charge in [0, 0.05) is 12.6 Å². The largest absolute Gasteiger partial charge is 0.381 e. The summed E-state index contributed by atoms with van der Waals surface area (Å²) >= 11 is 0. The van der Waals surface area contributed by atoms with Crippen LogP contribution < -0.4 is 11.1 Å². The molecule has 1 heterocycles. The van der Waals surface area contributed by atoms with Crippen molar-refractivity contribution in [1.82, 2.24) is 5.32 Å². The van der Waals surface area contributed by atoms with Gasteiger partial charge < -0.3 is 15.8 Å². The van der Waals surface area contributed by atoms with Gasteiger partial charge in [0.1, 0.15) is 0 Å². The molecule has 4 nitrogen and oxygen atoms in total. The van der Waals surface area contributed by atoms with Gasteiger partial charge in [-0.3, -0.25) is 4.79 Å². The molecule has 1 aliphatic heterocycles. The lowest BCUT2D eigenvalue weighted by Crippen LogP contribution is -2.50. The quantitative estimate of drug-likeness (QED) is 0.701. The molecule has 4 heteroatoms. The van der Waals surface area contributed by atoms with E-state index in [4.69, 9.17) is 10.5 Å². The van der Waals surface area contributed by atoms with E-state index in [1.54, 1.807) is 0 Å². The second-order valence-electron chi connectivity index (χ2n) is 4.70. The number of primary amides is 1. The first-order valence-corrected chi connectivity index (χ1v) is 5.65. The first kappa shape index (κ1) is 12.5. The van der Waals surface area contributed by atoms with Gasteiger partial charge in [-0.2, -0.15) is 0 Å². The number of hydrogen-bond donors (Lipinski definition) is 2. The molecule has 0 saturated carbocycles. The number of carbonyl (C=O) groups excluding carboxylic acids is 1. The molecule has 0 aromatic rings. The van der Waals surface area contributed by atoms with Gasteiger partial charge in [0.25, 0.3) is 0 Å². The summed E-state index contributed by atoms with van der Waals surface area (Å²) in [6.45, 7) is 7.72. The summed E-state index contributed by atoms with van der Waals surface area (Å²) in [4.78, 5) is 11.2. The topological polar surface area (TPSA) is 64.3 Å². The van der Waals surface area contributed by atoms with E-state index in [1.807, 2.05) is 13.8 Å². The van der Waals surface area contributed by atoms with Crippen LogP contribution in [0.15, 0.2) is 0 Å². The molecule has 88 valence electrons. The van der Waals surface area contributed by atoms with Gasteiger partial charge >= 0.3 is 0 Å². The zero-order valence-electron chi connectivity index (χ0n) is 9.82. The van der Waals surface area contributed by atoms with Crippen LogP contribution in [0, 0.1) is 11.8 Å². The number of ether oxygens (including phenoxy) is 1. The molecule has 0 radical (unpaired) electrons. The number of hydrogen-bond acceptors (Lipinski definition) is 3. The summed E-state index contributed by atoms with van der Waals surface area (Å²) in [7, 11) is 0. The lowest BCUT2D eigenvalue weighted by atomic mass is 9.96. The van der Waals surface area contributed by atoms with E-state index in [0.717, 1.165) is 19.6 Å². The lowest BCUT2D eigenvalue weighted by molar-refractivity contribution is -0.121. The van der Waals surface area contributed by atoms with Crippen molar-refractivity contribution in [3.63, 3.8) is 0 Å². The van der Waals surface area contributed by atoms with E-state index in [-0.39, 0.29) is 23.9 Å². The molecule has 3 unspecified atom stereocenters. The van der Waals surface area contributed by atoms with Crippen LogP contribution in [-0.2, 0) is 9.53 Å². The fourth-order valence-electron chi connectivity index (χ4n) is 1.97. The predicted molar refractivity (Wildman–Crippen MR) is 59.3 cm³/mol. The fraction of sp³-hybridized carbons (Fsp3) is 0.909. The van der Waals surface area contributed by atoms with E-state index >= 15 is 0 Å². The maximum atomic E-state index is 11.2. The molecule has 1 fully saturated rings. The molecule has 0 aromatic heterocycles. The van der Waals surface area contributed by atoms with Crippen molar-refractivity contribution in [2.45, 2.75) is 39.3 Å². The Bertz CT molecular complexity index is 213. The Balaban J connectivity index is 2.46. The molecule has 1 rings (SSSR count). The Hall–Kier alpha value is -0.610. The summed E-state index contributed by atoms with van der Waals surface area (Å²) < 4.78 is 5.32. The van der Waals surface area contributed by atoms with Gasteiger partial charge in [-0.05, 0) is 25.2 Å². The monoisotopic (exact) mass is 214 g/mol. The molecule has 1 amide bonds. The summed E-state index contributed by atoms with van der Waals surface area (Å²) in [6, 6.07) is 0.0491. The zero-order chi connectivity index (χ0) is 11.4. The summed E-state index contributed by atoms with van der Waals surface area (Å²) in [6.07, 6.45) is 1.07. The van der Waals surface area contributed by atoms with Crippen molar-refractivity contribution in [3.05, 3.63) is 0 Å². The van der Waals surface area contributed by atoms with Crippen molar-refractivity contribution in [3.8, 4) is 0 Å². The van der Waals surface area contributed by atoms with Crippen LogP contribution in [-0.4, -0.2) is 31.2 Å². The third-order valence-electron chi connectivity index (χ3n) is 3.09. The SMILES string of the molecule is CC(C)C(NC(C)C1CCOC1)C(N)=O. The minimum Gasteiger partial charge on any atom is -0.381 e. The van der Waals surface area contributed by atoms with Gasteiger partial charge in [-0.1, -0.05) is 13.8 Å². The first-order valence-electron chi connectivity index (χ1n) is 5.65. The van der Waals surface area contributed by atoms with Crippen LogP contribution in [0.4, 0.5) is 0 Å². The van der Waals surface area contributed by atoms with E-state index < -0.39 is 0 Å². The van der Waals surface area contributed by atoms with Crippen LogP contribution >= 0.6 is 0 Å². The van der Waals surface area contributed by atoms with Crippen LogP contribution in [0.3, 0.4) is 0 Å². The Morgan fingerprint density at radius 3 is 2.53 bits per heavy atom. The standard InChI is InChI=1S/C11H22N2O2/c1-7(2)10(11(12)14)13-8(3)9-4-5-15-6-9/h7-10,13H,4-6H2,1-3H3,(H2,12,14). The zero-order valence-corrected chi connectivity index (χ0v) is 9.82. The summed E-state index contributed by atoms with van der Waals surface area (Å²) in [5.41, 5.74) is 5.35. The maximum absolute atomic E-state index is 11.2. The van der Waals surface area contributed by atoms with Crippen molar-refractivity contribution >= 4 is 5.91 Å². The molecule has 0 spiro atoms. The molecule has 3 N–H and O–H groups in total. The summed E-state index contributed by atoms with van der Waals surface area (Å²) in [5.74, 6) is 0.466.